The minimum Gasteiger partial charge on any atom is -0.270 e. The monoisotopic (exact) mass is 297 g/mol. The number of hydrogen-bond donors (Lipinski definition) is 1. The molecule has 0 aliphatic rings. The molecule has 2 heterocycles. The van der Waals surface area contributed by atoms with Gasteiger partial charge in [0.15, 0.2) is 0 Å². The Kier molecular flexibility index (Phi) is 3.86. The highest BCUT2D eigenvalue weighted by atomic mass is 19.2. The summed E-state index contributed by atoms with van der Waals surface area (Å²) in [6.07, 6.45) is 3.30. The summed E-state index contributed by atoms with van der Waals surface area (Å²) in [5.74, 6) is -0.789. The lowest BCUT2D eigenvalue weighted by Gasteiger charge is -2.07. The predicted octanol–water partition coefficient (Wildman–Crippen LogP) is 2.01. The zero-order valence-corrected chi connectivity index (χ0v) is 11.5. The van der Waals surface area contributed by atoms with Crippen LogP contribution >= 0.6 is 0 Å². The molecule has 0 saturated carbocycles. The second-order valence-corrected chi connectivity index (χ2v) is 4.56. The van der Waals surface area contributed by atoms with Gasteiger partial charge in [-0.3, -0.25) is 9.78 Å². The predicted molar refractivity (Wildman–Crippen MR) is 77.9 cm³/mol. The molecule has 1 N–H and O–H groups in total. The van der Waals surface area contributed by atoms with E-state index in [2.05, 4.69) is 15.3 Å². The number of halogens is 1. The second kappa shape index (κ2) is 6.13. The first-order valence-electron chi connectivity index (χ1n) is 6.58. The van der Waals surface area contributed by atoms with Crippen molar-refractivity contribution < 1.29 is 9.28 Å². The molecule has 0 aliphatic heterocycles. The van der Waals surface area contributed by atoms with Crippen LogP contribution < -0.4 is 5.54 Å². The topological polar surface area (TPSA) is 72.7 Å². The second-order valence-electron chi connectivity index (χ2n) is 4.56. The summed E-state index contributed by atoms with van der Waals surface area (Å²) < 4.78 is 13.6. The summed E-state index contributed by atoms with van der Waals surface area (Å²) in [5, 5.41) is 8.11. The number of benzene rings is 1. The largest absolute Gasteiger partial charge is 0.270 e. The van der Waals surface area contributed by atoms with E-state index in [1.165, 1.54) is 4.68 Å². The fourth-order valence-corrected chi connectivity index (χ4v) is 2.18. The van der Waals surface area contributed by atoms with E-state index in [1.54, 1.807) is 24.5 Å². The van der Waals surface area contributed by atoms with Gasteiger partial charge in [-0.15, -0.1) is 9.58 Å². The standard InChI is InChI=1S/C15H12FN5O/c16-18-13(22)10-21-15(12-4-2-1-3-5-12)14(19-20-21)11-6-8-17-9-7-11/h1-9H,10H2,(H,18,22). The molecule has 1 aromatic carbocycles. The van der Waals surface area contributed by atoms with Gasteiger partial charge in [0.05, 0.1) is 5.69 Å². The van der Waals surface area contributed by atoms with Crippen molar-refractivity contribution in [2.75, 3.05) is 0 Å². The molecule has 0 saturated heterocycles. The van der Waals surface area contributed by atoms with Gasteiger partial charge in [0.1, 0.15) is 12.2 Å². The van der Waals surface area contributed by atoms with E-state index in [0.717, 1.165) is 16.7 Å². The minimum absolute atomic E-state index is 0.251. The van der Waals surface area contributed by atoms with Gasteiger partial charge in [-0.2, -0.15) is 5.54 Å². The lowest BCUT2D eigenvalue weighted by atomic mass is 10.1. The van der Waals surface area contributed by atoms with Gasteiger partial charge >= 0.3 is 0 Å². The van der Waals surface area contributed by atoms with Crippen LogP contribution in [0.5, 0.6) is 0 Å². The third kappa shape index (κ3) is 2.69. The van der Waals surface area contributed by atoms with Gasteiger partial charge in [-0.25, -0.2) is 4.68 Å². The van der Waals surface area contributed by atoms with Crippen molar-refractivity contribution >= 4 is 5.91 Å². The van der Waals surface area contributed by atoms with Crippen LogP contribution in [0.25, 0.3) is 22.5 Å². The summed E-state index contributed by atoms with van der Waals surface area (Å²) in [6, 6.07) is 13.0. The normalized spacial score (nSPS) is 10.4. The summed E-state index contributed by atoms with van der Waals surface area (Å²) in [4.78, 5) is 15.3. The number of carbonyl (C=O) groups excluding carboxylic acids is 1. The fraction of sp³-hybridized carbons (Fsp3) is 0.0667. The first-order chi connectivity index (χ1) is 10.8. The van der Waals surface area contributed by atoms with E-state index in [1.807, 2.05) is 30.3 Å². The Morgan fingerprint density at radius 3 is 2.50 bits per heavy atom. The van der Waals surface area contributed by atoms with Crippen LogP contribution in [0.4, 0.5) is 4.48 Å². The van der Waals surface area contributed by atoms with Crippen LogP contribution in [0.3, 0.4) is 0 Å². The average Bonchev–Trinajstić information content (AvgIpc) is 3.00. The Morgan fingerprint density at radius 1 is 1.09 bits per heavy atom. The van der Waals surface area contributed by atoms with Crippen molar-refractivity contribution in [1.82, 2.24) is 25.5 Å². The Labute approximate surface area is 125 Å². The number of nitrogens with zero attached hydrogens (tertiary/aromatic N) is 4. The van der Waals surface area contributed by atoms with Crippen LogP contribution in [0, 0.1) is 0 Å². The van der Waals surface area contributed by atoms with Crippen LogP contribution in [0.1, 0.15) is 0 Å². The molecule has 0 fully saturated rings. The van der Waals surface area contributed by atoms with Gasteiger partial charge in [-0.1, -0.05) is 35.5 Å². The van der Waals surface area contributed by atoms with Crippen molar-refractivity contribution in [3.8, 4) is 22.5 Å². The highest BCUT2D eigenvalue weighted by Crippen LogP contribution is 2.29. The zero-order valence-electron chi connectivity index (χ0n) is 11.5. The van der Waals surface area contributed by atoms with Crippen LogP contribution in [-0.2, 0) is 11.3 Å². The van der Waals surface area contributed by atoms with Crippen molar-refractivity contribution in [1.29, 1.82) is 0 Å². The molecule has 3 rings (SSSR count). The highest BCUT2D eigenvalue weighted by molar-refractivity contribution is 5.80. The molecule has 1 amide bonds. The minimum atomic E-state index is -0.789. The molecular weight excluding hydrogens is 285 g/mol. The lowest BCUT2D eigenvalue weighted by Crippen LogP contribution is -2.21. The summed E-state index contributed by atoms with van der Waals surface area (Å²) >= 11 is 0. The maximum atomic E-state index is 12.3. The third-order valence-corrected chi connectivity index (χ3v) is 3.13. The maximum absolute atomic E-state index is 12.3. The van der Waals surface area contributed by atoms with Crippen molar-refractivity contribution in [3.63, 3.8) is 0 Å². The van der Waals surface area contributed by atoms with Crippen LogP contribution in [0.15, 0.2) is 54.9 Å². The van der Waals surface area contributed by atoms with Gasteiger partial charge < -0.3 is 0 Å². The van der Waals surface area contributed by atoms with E-state index >= 15 is 0 Å². The molecule has 0 bridgehead atoms. The maximum Gasteiger partial charge on any atom is 0.269 e. The molecule has 110 valence electrons. The lowest BCUT2D eigenvalue weighted by molar-refractivity contribution is -0.126. The Hall–Kier alpha value is -3.09. The van der Waals surface area contributed by atoms with Gasteiger partial charge in [0.25, 0.3) is 5.91 Å². The van der Waals surface area contributed by atoms with E-state index in [0.29, 0.717) is 11.4 Å². The molecular formula is C15H12FN5O. The third-order valence-electron chi connectivity index (χ3n) is 3.13. The Balaban J connectivity index is 2.13. The average molecular weight is 297 g/mol. The molecule has 3 aromatic rings. The summed E-state index contributed by atoms with van der Waals surface area (Å²) in [5.41, 5.74) is 4.02. The summed E-state index contributed by atoms with van der Waals surface area (Å²) in [6.45, 7) is -0.251. The van der Waals surface area contributed by atoms with Crippen LogP contribution in [0.2, 0.25) is 0 Å². The van der Waals surface area contributed by atoms with E-state index < -0.39 is 5.91 Å². The van der Waals surface area contributed by atoms with Gasteiger partial charge in [-0.05, 0) is 12.1 Å². The number of pyridine rings is 1. The van der Waals surface area contributed by atoms with Crippen molar-refractivity contribution in [2.45, 2.75) is 6.54 Å². The van der Waals surface area contributed by atoms with Gasteiger partial charge in [0.2, 0.25) is 0 Å². The molecule has 22 heavy (non-hydrogen) atoms. The molecule has 0 aliphatic carbocycles. The number of nitrogens with one attached hydrogen (secondary N) is 1. The van der Waals surface area contributed by atoms with Gasteiger partial charge in [0, 0.05) is 23.5 Å². The molecule has 0 unspecified atom stereocenters. The molecule has 2 aromatic heterocycles. The first kappa shape index (κ1) is 13.9. The molecule has 0 atom stereocenters. The molecule has 0 radical (unpaired) electrons. The summed E-state index contributed by atoms with van der Waals surface area (Å²) in [7, 11) is 0. The zero-order chi connectivity index (χ0) is 15.4. The molecule has 0 spiro atoms. The van der Waals surface area contributed by atoms with Crippen LogP contribution in [-0.4, -0.2) is 25.9 Å². The van der Waals surface area contributed by atoms with Crippen molar-refractivity contribution in [3.05, 3.63) is 54.9 Å². The number of hydrogen-bond acceptors (Lipinski definition) is 4. The Bertz CT molecular complexity index is 773. The smallest absolute Gasteiger partial charge is 0.269 e. The molecule has 7 heteroatoms. The first-order valence-corrected chi connectivity index (χ1v) is 6.58. The van der Waals surface area contributed by atoms with E-state index in [4.69, 9.17) is 0 Å². The SMILES string of the molecule is O=C(Cn1nnc(-c2ccncc2)c1-c1ccccc1)NF. The van der Waals surface area contributed by atoms with E-state index in [9.17, 15) is 9.28 Å². The quantitative estimate of drug-likeness (QED) is 0.748. The Morgan fingerprint density at radius 2 is 1.82 bits per heavy atom. The number of amides is 1. The number of rotatable bonds is 4. The van der Waals surface area contributed by atoms with E-state index in [-0.39, 0.29) is 6.54 Å². The highest BCUT2D eigenvalue weighted by Gasteiger charge is 2.18. The van der Waals surface area contributed by atoms with Crippen molar-refractivity contribution in [2.24, 2.45) is 0 Å². The fourth-order valence-electron chi connectivity index (χ4n) is 2.18. The molecule has 6 nitrogen and oxygen atoms in total. The number of carbonyl (C=O) groups is 1. The number of aromatic nitrogens is 4.